The van der Waals surface area contributed by atoms with Crippen LogP contribution < -0.4 is 5.73 Å². The van der Waals surface area contributed by atoms with Crippen LogP contribution in [0, 0.1) is 3.57 Å². The summed E-state index contributed by atoms with van der Waals surface area (Å²) in [5, 5.41) is 0. The lowest BCUT2D eigenvalue weighted by molar-refractivity contribution is 0.144. The molecule has 1 aromatic heterocycles. The average Bonchev–Trinajstić information content (AvgIpc) is 2.09. The second-order valence-electron chi connectivity index (χ2n) is 2.29. The Labute approximate surface area is 96.2 Å². The molecule has 1 heterocycles. The summed E-state index contributed by atoms with van der Waals surface area (Å²) in [6, 6.07) is 0. The number of hydrogen-bond donors (Lipinski definition) is 1. The van der Waals surface area contributed by atoms with Crippen LogP contribution in [0.2, 0.25) is 0 Å². The van der Waals surface area contributed by atoms with Crippen LogP contribution in [0.25, 0.3) is 0 Å². The molecule has 0 amide bonds. The second kappa shape index (κ2) is 4.61. The van der Waals surface area contributed by atoms with Crippen molar-refractivity contribution in [3.8, 4) is 0 Å². The Bertz CT molecular complexity index is 320. The molecule has 0 aromatic carbocycles. The van der Waals surface area contributed by atoms with Crippen molar-refractivity contribution in [1.29, 1.82) is 0 Å². The van der Waals surface area contributed by atoms with Gasteiger partial charge in [-0.3, -0.25) is 4.98 Å². The van der Waals surface area contributed by atoms with Gasteiger partial charge in [-0.2, -0.15) is 0 Å². The van der Waals surface area contributed by atoms with E-state index in [2.05, 4.69) is 20.9 Å². The molecule has 1 rings (SSSR count). The standard InChI is InChI=1S/C7H6BrF2IN2/c8-5-3(1-12)6(7(9)10)13-2-4(5)11/h2,7H,1,12H2. The maximum absolute atomic E-state index is 12.4. The highest BCUT2D eigenvalue weighted by Gasteiger charge is 2.17. The minimum absolute atomic E-state index is 0.0596. The molecule has 2 N–H and O–H groups in total. The van der Waals surface area contributed by atoms with Gasteiger partial charge in [0, 0.05) is 26.3 Å². The normalized spacial score (nSPS) is 10.9. The minimum atomic E-state index is -2.58. The topological polar surface area (TPSA) is 38.9 Å². The lowest BCUT2D eigenvalue weighted by Crippen LogP contribution is -2.06. The van der Waals surface area contributed by atoms with E-state index in [0.29, 0.717) is 10.0 Å². The highest BCUT2D eigenvalue weighted by atomic mass is 127. The van der Waals surface area contributed by atoms with Crippen molar-refractivity contribution in [2.45, 2.75) is 13.0 Å². The molecule has 0 atom stereocenters. The first-order valence-corrected chi connectivity index (χ1v) is 5.26. The molecule has 72 valence electrons. The van der Waals surface area contributed by atoms with E-state index in [0.717, 1.165) is 3.57 Å². The largest absolute Gasteiger partial charge is 0.326 e. The first kappa shape index (κ1) is 11.3. The molecule has 6 heteroatoms. The first-order valence-electron chi connectivity index (χ1n) is 3.39. The van der Waals surface area contributed by atoms with Crippen molar-refractivity contribution in [1.82, 2.24) is 4.98 Å². The van der Waals surface area contributed by atoms with E-state index in [1.807, 2.05) is 22.6 Å². The Morgan fingerprint density at radius 2 is 2.23 bits per heavy atom. The summed E-state index contributed by atoms with van der Waals surface area (Å²) in [5.74, 6) is 0. The first-order chi connectivity index (χ1) is 6.07. The number of hydrogen-bond acceptors (Lipinski definition) is 2. The van der Waals surface area contributed by atoms with Gasteiger partial charge >= 0.3 is 0 Å². The quantitative estimate of drug-likeness (QED) is 0.821. The molecule has 1 aromatic rings. The third-order valence-corrected chi connectivity index (χ3v) is 3.98. The fraction of sp³-hybridized carbons (Fsp3) is 0.286. The summed E-state index contributed by atoms with van der Waals surface area (Å²) in [6.45, 7) is 0.0596. The molecule has 0 spiro atoms. The minimum Gasteiger partial charge on any atom is -0.326 e. The van der Waals surface area contributed by atoms with Crippen LogP contribution in [0.15, 0.2) is 10.7 Å². The highest BCUT2D eigenvalue weighted by molar-refractivity contribution is 14.1. The molecule has 0 saturated carbocycles. The molecule has 0 fully saturated rings. The molecular formula is C7H6BrF2IN2. The smallest absolute Gasteiger partial charge is 0.280 e. The van der Waals surface area contributed by atoms with Gasteiger partial charge in [-0.05, 0) is 38.5 Å². The predicted octanol–water partition coefficient (Wildman–Crippen LogP) is 2.85. The Morgan fingerprint density at radius 3 is 2.69 bits per heavy atom. The number of alkyl halides is 2. The van der Waals surface area contributed by atoms with E-state index in [4.69, 9.17) is 5.73 Å². The van der Waals surface area contributed by atoms with E-state index >= 15 is 0 Å². The number of nitrogens with zero attached hydrogens (tertiary/aromatic N) is 1. The lowest BCUT2D eigenvalue weighted by Gasteiger charge is -2.08. The molecule has 0 bridgehead atoms. The van der Waals surface area contributed by atoms with Crippen LogP contribution in [0.5, 0.6) is 0 Å². The molecule has 0 radical (unpaired) electrons. The van der Waals surface area contributed by atoms with Crippen LogP contribution in [-0.2, 0) is 6.54 Å². The molecule has 2 nitrogen and oxygen atoms in total. The van der Waals surface area contributed by atoms with Gasteiger partial charge in [-0.25, -0.2) is 8.78 Å². The molecule has 0 aliphatic rings. The van der Waals surface area contributed by atoms with Gasteiger partial charge in [0.1, 0.15) is 5.69 Å². The summed E-state index contributed by atoms with van der Waals surface area (Å²) in [4.78, 5) is 3.64. The van der Waals surface area contributed by atoms with Gasteiger partial charge in [-0.1, -0.05) is 0 Å². The van der Waals surface area contributed by atoms with E-state index in [1.165, 1.54) is 6.20 Å². The van der Waals surface area contributed by atoms with E-state index < -0.39 is 6.43 Å². The summed E-state index contributed by atoms with van der Waals surface area (Å²) in [5.41, 5.74) is 5.49. The summed E-state index contributed by atoms with van der Waals surface area (Å²) < 4.78 is 26.2. The lowest BCUT2D eigenvalue weighted by atomic mass is 10.2. The number of rotatable bonds is 2. The van der Waals surface area contributed by atoms with Crippen LogP contribution in [-0.4, -0.2) is 4.98 Å². The molecule has 0 unspecified atom stereocenters. The van der Waals surface area contributed by atoms with Crippen molar-refractivity contribution < 1.29 is 8.78 Å². The zero-order valence-corrected chi connectivity index (χ0v) is 10.1. The van der Waals surface area contributed by atoms with Crippen LogP contribution in [0.1, 0.15) is 17.7 Å². The summed E-state index contributed by atoms with van der Waals surface area (Å²) >= 11 is 5.20. The van der Waals surface area contributed by atoms with Crippen LogP contribution in [0.4, 0.5) is 8.78 Å². The third kappa shape index (κ3) is 2.35. The van der Waals surface area contributed by atoms with E-state index in [9.17, 15) is 8.78 Å². The Balaban J connectivity index is 3.30. The van der Waals surface area contributed by atoms with Gasteiger partial charge in [0.15, 0.2) is 0 Å². The molecular weight excluding hydrogens is 357 g/mol. The van der Waals surface area contributed by atoms with Crippen molar-refractivity contribution in [3.05, 3.63) is 25.5 Å². The molecule has 0 aliphatic carbocycles. The maximum Gasteiger partial charge on any atom is 0.280 e. The van der Waals surface area contributed by atoms with E-state index in [1.54, 1.807) is 0 Å². The molecule has 0 aliphatic heterocycles. The maximum atomic E-state index is 12.4. The average molecular weight is 363 g/mol. The Morgan fingerprint density at radius 1 is 1.62 bits per heavy atom. The van der Waals surface area contributed by atoms with Gasteiger partial charge in [-0.15, -0.1) is 0 Å². The highest BCUT2D eigenvalue weighted by Crippen LogP contribution is 2.29. The van der Waals surface area contributed by atoms with Crippen molar-refractivity contribution in [3.63, 3.8) is 0 Å². The molecule has 13 heavy (non-hydrogen) atoms. The Kier molecular flexibility index (Phi) is 3.99. The van der Waals surface area contributed by atoms with E-state index in [-0.39, 0.29) is 12.2 Å². The monoisotopic (exact) mass is 362 g/mol. The van der Waals surface area contributed by atoms with Gasteiger partial charge < -0.3 is 5.73 Å². The van der Waals surface area contributed by atoms with Gasteiger partial charge in [0.25, 0.3) is 6.43 Å². The SMILES string of the molecule is NCc1c(C(F)F)ncc(I)c1Br. The number of aromatic nitrogens is 1. The molecule has 0 saturated heterocycles. The van der Waals surface area contributed by atoms with Crippen LogP contribution >= 0.6 is 38.5 Å². The fourth-order valence-electron chi connectivity index (χ4n) is 0.900. The van der Waals surface area contributed by atoms with Crippen molar-refractivity contribution in [2.75, 3.05) is 0 Å². The number of nitrogens with two attached hydrogens (primary N) is 1. The number of halogens is 4. The number of pyridine rings is 1. The second-order valence-corrected chi connectivity index (χ2v) is 4.24. The van der Waals surface area contributed by atoms with Gasteiger partial charge in [0.2, 0.25) is 0 Å². The van der Waals surface area contributed by atoms with Crippen LogP contribution in [0.3, 0.4) is 0 Å². The zero-order valence-electron chi connectivity index (χ0n) is 6.40. The predicted molar refractivity (Wildman–Crippen MR) is 57.5 cm³/mol. The van der Waals surface area contributed by atoms with Crippen molar-refractivity contribution in [2.24, 2.45) is 5.73 Å². The van der Waals surface area contributed by atoms with Crippen molar-refractivity contribution >= 4 is 38.5 Å². The van der Waals surface area contributed by atoms with Gasteiger partial charge in [0.05, 0.1) is 0 Å². The fourth-order valence-corrected chi connectivity index (χ4v) is 1.83. The summed E-state index contributed by atoms with van der Waals surface area (Å²) in [6.07, 6.45) is -1.18. The zero-order chi connectivity index (χ0) is 10.0. The summed E-state index contributed by atoms with van der Waals surface area (Å²) in [7, 11) is 0. The third-order valence-electron chi connectivity index (χ3n) is 1.51. The Hall–Kier alpha value is 0.180.